The largest absolute Gasteiger partial charge is 0.417 e. The van der Waals surface area contributed by atoms with Crippen molar-refractivity contribution in [2.24, 2.45) is 0 Å². The molecule has 0 saturated carbocycles. The third kappa shape index (κ3) is 3.25. The Morgan fingerprint density at radius 1 is 1.33 bits per heavy atom. The summed E-state index contributed by atoms with van der Waals surface area (Å²) in [5.74, 6) is -5.45. The van der Waals surface area contributed by atoms with E-state index in [4.69, 9.17) is 11.6 Å². The molecule has 0 spiro atoms. The number of alkyl halides is 5. The summed E-state index contributed by atoms with van der Waals surface area (Å²) in [5, 5.41) is 9.33. The molecule has 0 saturated heterocycles. The lowest BCUT2D eigenvalue weighted by Crippen LogP contribution is -2.34. The van der Waals surface area contributed by atoms with Crippen molar-refractivity contribution in [3.63, 3.8) is 0 Å². The predicted octanol–water partition coefficient (Wildman–Crippen LogP) is 4.45. The van der Waals surface area contributed by atoms with Crippen LogP contribution >= 0.6 is 11.6 Å². The van der Waals surface area contributed by atoms with E-state index in [1.54, 1.807) is 0 Å². The van der Waals surface area contributed by atoms with Gasteiger partial charge in [-0.1, -0.05) is 23.7 Å². The van der Waals surface area contributed by atoms with Crippen molar-refractivity contribution in [2.45, 2.75) is 31.7 Å². The number of aliphatic hydroxyl groups is 1. The number of hydrogen-bond donors (Lipinski definition) is 1. The van der Waals surface area contributed by atoms with Gasteiger partial charge in [0.2, 0.25) is 0 Å². The van der Waals surface area contributed by atoms with Crippen LogP contribution in [0.5, 0.6) is 0 Å². The van der Waals surface area contributed by atoms with E-state index in [0.717, 1.165) is 0 Å². The van der Waals surface area contributed by atoms with E-state index in [1.165, 1.54) is 25.1 Å². The van der Waals surface area contributed by atoms with Crippen LogP contribution in [0.4, 0.5) is 27.6 Å². The molecule has 0 radical (unpaired) electrons. The van der Waals surface area contributed by atoms with Crippen LogP contribution in [-0.2, 0) is 23.4 Å². The fourth-order valence-electron chi connectivity index (χ4n) is 2.90. The fourth-order valence-corrected chi connectivity index (χ4v) is 3.13. The van der Waals surface area contributed by atoms with Crippen molar-refractivity contribution < 1.29 is 31.9 Å². The lowest BCUT2D eigenvalue weighted by Gasteiger charge is -2.18. The molecule has 3 rings (SSSR count). The number of rotatable bonds is 3. The highest BCUT2D eigenvalue weighted by Gasteiger charge is 2.54. The third-order valence-corrected chi connectivity index (χ3v) is 4.52. The molecule has 1 aliphatic rings. The summed E-state index contributed by atoms with van der Waals surface area (Å²) >= 11 is 5.81. The molecule has 1 atom stereocenters. The number of carbonyl (C=O) groups is 1. The molecule has 2 heterocycles. The molecule has 0 bridgehead atoms. The van der Waals surface area contributed by atoms with Crippen molar-refractivity contribution in [2.75, 3.05) is 4.90 Å². The summed E-state index contributed by atoms with van der Waals surface area (Å²) in [6.07, 6.45) is -5.39. The maximum atomic E-state index is 14.5. The van der Waals surface area contributed by atoms with Gasteiger partial charge in [-0.2, -0.15) is 22.0 Å². The normalized spacial score (nSPS) is 17.2. The Hall–Kier alpha value is -2.26. The van der Waals surface area contributed by atoms with Gasteiger partial charge >= 0.3 is 18.0 Å². The molecule has 1 aromatic heterocycles. The van der Waals surface area contributed by atoms with Gasteiger partial charge in [-0.05, 0) is 24.6 Å². The lowest BCUT2D eigenvalue weighted by atomic mass is 9.98. The Kier molecular flexibility index (Phi) is 4.63. The van der Waals surface area contributed by atoms with Crippen LogP contribution in [0, 0.1) is 0 Å². The van der Waals surface area contributed by atoms with Crippen molar-refractivity contribution in [3.8, 4) is 0 Å². The zero-order valence-corrected chi connectivity index (χ0v) is 14.4. The van der Waals surface area contributed by atoms with Crippen LogP contribution < -0.4 is 4.90 Å². The van der Waals surface area contributed by atoms with Crippen LogP contribution in [0.25, 0.3) is 0 Å². The number of amides is 1. The highest BCUT2D eigenvalue weighted by atomic mass is 35.5. The van der Waals surface area contributed by atoms with Gasteiger partial charge in [-0.15, -0.1) is 0 Å². The van der Waals surface area contributed by atoms with E-state index in [-0.39, 0.29) is 16.9 Å². The minimum absolute atomic E-state index is 0.111. The first-order valence-electron chi connectivity index (χ1n) is 7.67. The van der Waals surface area contributed by atoms with Gasteiger partial charge < -0.3 is 10.0 Å². The highest BCUT2D eigenvalue weighted by molar-refractivity contribution is 6.31. The van der Waals surface area contributed by atoms with Gasteiger partial charge in [-0.3, -0.25) is 9.78 Å². The van der Waals surface area contributed by atoms with Crippen molar-refractivity contribution in [1.82, 2.24) is 4.98 Å². The molecular formula is C17H12ClF5N2O2. The van der Waals surface area contributed by atoms with E-state index in [1.807, 2.05) is 0 Å². The molecule has 1 aliphatic heterocycles. The fraction of sp³-hybridized carbons (Fsp3) is 0.294. The molecule has 0 unspecified atom stereocenters. The van der Waals surface area contributed by atoms with Crippen LogP contribution in [0.3, 0.4) is 0 Å². The monoisotopic (exact) mass is 406 g/mol. The average Bonchev–Trinajstić information content (AvgIpc) is 2.76. The van der Waals surface area contributed by atoms with Crippen LogP contribution in [0.1, 0.15) is 35.4 Å². The van der Waals surface area contributed by atoms with Gasteiger partial charge in [0, 0.05) is 6.20 Å². The number of carbonyl (C=O) groups excluding carboxylic acids is 1. The SMILES string of the molecule is C[C@H](O)c1cccc2c1C(F)(F)C(=O)N2Cc1ncc(C(F)(F)F)cc1Cl. The molecule has 1 aromatic carbocycles. The molecule has 1 N–H and O–H groups in total. The second-order valence-corrected chi connectivity index (χ2v) is 6.44. The quantitative estimate of drug-likeness (QED) is 0.766. The molecule has 0 fully saturated rings. The predicted molar refractivity (Wildman–Crippen MR) is 86.4 cm³/mol. The molecule has 1 amide bonds. The minimum Gasteiger partial charge on any atom is -0.389 e. The van der Waals surface area contributed by atoms with Crippen molar-refractivity contribution >= 4 is 23.2 Å². The van der Waals surface area contributed by atoms with E-state index < -0.39 is 46.8 Å². The van der Waals surface area contributed by atoms with Gasteiger partial charge in [0.25, 0.3) is 0 Å². The second kappa shape index (κ2) is 6.42. The lowest BCUT2D eigenvalue weighted by molar-refractivity contribution is -0.142. The van der Waals surface area contributed by atoms with Crippen LogP contribution in [0.15, 0.2) is 30.5 Å². The van der Waals surface area contributed by atoms with Gasteiger partial charge in [-0.25, -0.2) is 0 Å². The van der Waals surface area contributed by atoms with Crippen LogP contribution in [0.2, 0.25) is 5.02 Å². The first-order chi connectivity index (χ1) is 12.4. The number of pyridine rings is 1. The molecular weight excluding hydrogens is 395 g/mol. The molecule has 2 aromatic rings. The topological polar surface area (TPSA) is 53.4 Å². The molecule has 4 nitrogen and oxygen atoms in total. The molecule has 27 heavy (non-hydrogen) atoms. The van der Waals surface area contributed by atoms with E-state index in [2.05, 4.69) is 4.98 Å². The molecule has 144 valence electrons. The standard InChI is InChI=1S/C17H12ClF5N2O2/c1-8(26)10-3-2-4-13-14(10)16(19,20)15(27)25(13)7-12-11(18)5-9(6-24-12)17(21,22)23/h2-6,8,26H,7H2,1H3/t8-/m0/s1. The van der Waals surface area contributed by atoms with Crippen LogP contribution in [-0.4, -0.2) is 16.0 Å². The summed E-state index contributed by atoms with van der Waals surface area (Å²) < 4.78 is 67.1. The number of hydrogen-bond acceptors (Lipinski definition) is 3. The first kappa shape index (κ1) is 19.5. The number of aromatic nitrogens is 1. The number of halogens is 6. The average molecular weight is 407 g/mol. The van der Waals surface area contributed by atoms with Crippen molar-refractivity contribution in [1.29, 1.82) is 0 Å². The van der Waals surface area contributed by atoms with E-state index in [9.17, 15) is 31.9 Å². The zero-order chi connectivity index (χ0) is 20.1. The van der Waals surface area contributed by atoms with Gasteiger partial charge in [0.15, 0.2) is 0 Å². The second-order valence-electron chi connectivity index (χ2n) is 6.03. The molecule has 0 aliphatic carbocycles. The molecule has 10 heteroatoms. The van der Waals surface area contributed by atoms with Gasteiger partial charge in [0.1, 0.15) is 0 Å². The zero-order valence-electron chi connectivity index (χ0n) is 13.7. The summed E-state index contributed by atoms with van der Waals surface area (Å²) in [6.45, 7) is 0.745. The Balaban J connectivity index is 2.03. The van der Waals surface area contributed by atoms with E-state index in [0.29, 0.717) is 17.2 Å². The first-order valence-corrected chi connectivity index (χ1v) is 8.05. The third-order valence-electron chi connectivity index (χ3n) is 4.20. The van der Waals surface area contributed by atoms with Gasteiger partial charge in [0.05, 0.1) is 40.2 Å². The Labute approximate surface area is 155 Å². The number of benzene rings is 1. The number of nitrogens with zero attached hydrogens (tertiary/aromatic N) is 2. The Bertz CT molecular complexity index is 915. The summed E-state index contributed by atoms with van der Waals surface area (Å²) in [7, 11) is 0. The van der Waals surface area contributed by atoms with E-state index >= 15 is 0 Å². The maximum absolute atomic E-state index is 14.5. The maximum Gasteiger partial charge on any atom is 0.417 e. The Morgan fingerprint density at radius 2 is 2.00 bits per heavy atom. The Morgan fingerprint density at radius 3 is 2.56 bits per heavy atom. The highest BCUT2D eigenvalue weighted by Crippen LogP contribution is 2.48. The van der Waals surface area contributed by atoms with Crippen molar-refractivity contribution in [3.05, 3.63) is 57.9 Å². The number of aliphatic hydroxyl groups excluding tert-OH is 1. The smallest absolute Gasteiger partial charge is 0.389 e. The number of fused-ring (bicyclic) bond motifs is 1. The minimum atomic E-state index is -4.66. The summed E-state index contributed by atoms with van der Waals surface area (Å²) in [5.41, 5.74) is -2.15. The summed E-state index contributed by atoms with van der Waals surface area (Å²) in [4.78, 5) is 16.5. The summed E-state index contributed by atoms with van der Waals surface area (Å²) in [6, 6.07) is 4.55. The number of anilines is 1.